The highest BCUT2D eigenvalue weighted by molar-refractivity contribution is 9.10. The molecule has 2 N–H and O–H groups in total. The molecule has 1 aliphatic rings. The molecule has 1 unspecified atom stereocenters. The molecule has 0 saturated heterocycles. The number of aryl methyl sites for hydroxylation is 2. The van der Waals surface area contributed by atoms with Crippen LogP contribution in [-0.2, 0) is 0 Å². The van der Waals surface area contributed by atoms with Crippen LogP contribution in [0.25, 0.3) is 5.69 Å². The zero-order valence-electron chi connectivity index (χ0n) is 18.4. The number of anilines is 1. The Balaban J connectivity index is 1.68. The van der Waals surface area contributed by atoms with E-state index in [0.29, 0.717) is 27.5 Å². The van der Waals surface area contributed by atoms with Gasteiger partial charge in [0.25, 0.3) is 11.8 Å². The van der Waals surface area contributed by atoms with Crippen LogP contribution in [0.1, 0.15) is 51.7 Å². The average molecular weight is 534 g/mol. The summed E-state index contributed by atoms with van der Waals surface area (Å²) < 4.78 is 15.3. The van der Waals surface area contributed by atoms with E-state index in [2.05, 4.69) is 31.7 Å². The van der Waals surface area contributed by atoms with Crippen LogP contribution in [0, 0.1) is 25.6 Å². The van der Waals surface area contributed by atoms with Crippen LogP contribution >= 0.6 is 27.5 Å². The van der Waals surface area contributed by atoms with E-state index in [1.165, 1.54) is 22.9 Å². The lowest BCUT2D eigenvalue weighted by molar-refractivity contribution is 0.0936. The van der Waals surface area contributed by atoms with Crippen LogP contribution in [0.15, 0.2) is 41.0 Å². The Morgan fingerprint density at radius 2 is 1.91 bits per heavy atom. The second kappa shape index (κ2) is 9.27. The first kappa shape index (κ1) is 23.4. The van der Waals surface area contributed by atoms with Gasteiger partial charge in [0.2, 0.25) is 0 Å². The van der Waals surface area contributed by atoms with E-state index in [0.717, 1.165) is 30.0 Å². The van der Waals surface area contributed by atoms with Gasteiger partial charge < -0.3 is 10.6 Å². The van der Waals surface area contributed by atoms with Crippen molar-refractivity contribution in [3.8, 4) is 5.69 Å². The summed E-state index contributed by atoms with van der Waals surface area (Å²) >= 11 is 9.49. The fraction of sp³-hybridized carbons (Fsp3) is 0.292. The first-order valence-electron chi connectivity index (χ1n) is 10.6. The fourth-order valence-corrected chi connectivity index (χ4v) is 4.46. The number of amides is 2. The second-order valence-corrected chi connectivity index (χ2v) is 9.64. The quantitative estimate of drug-likeness (QED) is 0.419. The molecule has 4 rings (SSSR count). The van der Waals surface area contributed by atoms with E-state index in [9.17, 15) is 14.0 Å². The van der Waals surface area contributed by atoms with Gasteiger partial charge in [0.1, 0.15) is 16.1 Å². The van der Waals surface area contributed by atoms with Crippen molar-refractivity contribution in [2.24, 2.45) is 5.92 Å². The molecule has 6 nitrogen and oxygen atoms in total. The summed E-state index contributed by atoms with van der Waals surface area (Å²) in [5.74, 6) is -0.699. The van der Waals surface area contributed by atoms with Crippen molar-refractivity contribution in [2.45, 2.75) is 39.7 Å². The lowest BCUT2D eigenvalue weighted by atomic mass is 10.0. The Morgan fingerprint density at radius 1 is 1.18 bits per heavy atom. The number of carbonyl (C=O) groups excluding carboxylic acids is 2. The fourth-order valence-electron chi connectivity index (χ4n) is 3.84. The van der Waals surface area contributed by atoms with Gasteiger partial charge in [-0.15, -0.1) is 0 Å². The third-order valence-electron chi connectivity index (χ3n) is 5.70. The molecular formula is C24H23BrClFN4O2. The van der Waals surface area contributed by atoms with Crippen molar-refractivity contribution >= 4 is 45.0 Å². The number of nitrogens with zero attached hydrogens (tertiary/aromatic N) is 2. The second-order valence-electron chi connectivity index (χ2n) is 8.42. The maximum atomic E-state index is 13.5. The van der Waals surface area contributed by atoms with Gasteiger partial charge in [0, 0.05) is 12.1 Å². The molecule has 1 aliphatic carbocycles. The standard InChI is InChI=1S/C24H23BrClFN4O2/c1-12-8-13(2)22(17(9-12)23(32)28-14(3)15-4-5-15)29-24(33)20-11-21(25)30-31(20)19-7-6-16(27)10-18(19)26/h6-11,14-15H,4-5H2,1-3H3,(H,28,32)(H,29,33). The smallest absolute Gasteiger partial charge is 0.274 e. The molecule has 0 radical (unpaired) electrons. The number of hydrogen-bond donors (Lipinski definition) is 2. The van der Waals surface area contributed by atoms with Crippen LogP contribution in [0.3, 0.4) is 0 Å². The third-order valence-corrected chi connectivity index (χ3v) is 6.39. The molecule has 2 amide bonds. The molecule has 33 heavy (non-hydrogen) atoms. The van der Waals surface area contributed by atoms with Crippen LogP contribution in [0.2, 0.25) is 5.02 Å². The highest BCUT2D eigenvalue weighted by Crippen LogP contribution is 2.33. The monoisotopic (exact) mass is 532 g/mol. The molecule has 1 heterocycles. The predicted octanol–water partition coefficient (Wildman–Crippen LogP) is 5.82. The zero-order valence-corrected chi connectivity index (χ0v) is 20.7. The molecule has 0 spiro atoms. The van der Waals surface area contributed by atoms with Crippen LogP contribution < -0.4 is 10.6 Å². The summed E-state index contributed by atoms with van der Waals surface area (Å²) in [6.45, 7) is 5.75. The van der Waals surface area contributed by atoms with Crippen molar-refractivity contribution in [3.63, 3.8) is 0 Å². The van der Waals surface area contributed by atoms with E-state index in [1.807, 2.05) is 26.8 Å². The molecule has 1 aromatic heterocycles. The summed E-state index contributed by atoms with van der Waals surface area (Å²) in [4.78, 5) is 26.4. The molecule has 0 bridgehead atoms. The number of nitrogens with one attached hydrogen (secondary N) is 2. The molecule has 2 aromatic carbocycles. The number of aromatic nitrogens is 2. The lowest BCUT2D eigenvalue weighted by Gasteiger charge is -2.18. The Labute approximate surface area is 204 Å². The largest absolute Gasteiger partial charge is 0.349 e. The number of benzene rings is 2. The maximum absolute atomic E-state index is 13.5. The average Bonchev–Trinajstić information content (AvgIpc) is 3.52. The molecular weight excluding hydrogens is 511 g/mol. The van der Waals surface area contributed by atoms with Gasteiger partial charge in [-0.25, -0.2) is 9.07 Å². The highest BCUT2D eigenvalue weighted by atomic mass is 79.9. The van der Waals surface area contributed by atoms with Crippen molar-refractivity contribution in [2.75, 3.05) is 5.32 Å². The molecule has 9 heteroatoms. The van der Waals surface area contributed by atoms with Crippen molar-refractivity contribution in [1.82, 2.24) is 15.1 Å². The number of halogens is 3. The van der Waals surface area contributed by atoms with Crippen molar-refractivity contribution < 1.29 is 14.0 Å². The van der Waals surface area contributed by atoms with Gasteiger partial charge in [-0.05, 0) is 90.9 Å². The summed E-state index contributed by atoms with van der Waals surface area (Å²) in [5.41, 5.74) is 3.04. The first-order valence-corrected chi connectivity index (χ1v) is 11.8. The molecule has 172 valence electrons. The third kappa shape index (κ3) is 5.12. The van der Waals surface area contributed by atoms with Gasteiger partial charge in [-0.3, -0.25) is 9.59 Å². The molecule has 3 aromatic rings. The molecule has 1 saturated carbocycles. The van der Waals surface area contributed by atoms with E-state index < -0.39 is 11.7 Å². The van der Waals surface area contributed by atoms with Crippen molar-refractivity contribution in [1.29, 1.82) is 0 Å². The Bertz CT molecular complexity index is 1260. The van der Waals surface area contributed by atoms with Gasteiger partial charge in [0.15, 0.2) is 0 Å². The topological polar surface area (TPSA) is 76.0 Å². The van der Waals surface area contributed by atoms with Gasteiger partial charge >= 0.3 is 0 Å². The van der Waals surface area contributed by atoms with E-state index in [1.54, 1.807) is 6.07 Å². The zero-order chi connectivity index (χ0) is 23.9. The minimum atomic E-state index is -0.493. The van der Waals surface area contributed by atoms with Crippen molar-refractivity contribution in [3.05, 3.63) is 74.2 Å². The summed E-state index contributed by atoms with van der Waals surface area (Å²) in [7, 11) is 0. The van der Waals surface area contributed by atoms with E-state index >= 15 is 0 Å². The number of hydrogen-bond acceptors (Lipinski definition) is 3. The summed E-state index contributed by atoms with van der Waals surface area (Å²) in [6.07, 6.45) is 2.23. The van der Waals surface area contributed by atoms with E-state index in [-0.39, 0.29) is 22.7 Å². The molecule has 0 aliphatic heterocycles. The number of rotatable bonds is 6. The number of carbonyl (C=O) groups is 2. The Kier molecular flexibility index (Phi) is 6.59. The Morgan fingerprint density at radius 3 is 2.58 bits per heavy atom. The summed E-state index contributed by atoms with van der Waals surface area (Å²) in [5, 5.41) is 10.3. The highest BCUT2D eigenvalue weighted by Gasteiger charge is 2.30. The minimum Gasteiger partial charge on any atom is -0.349 e. The molecule has 1 atom stereocenters. The maximum Gasteiger partial charge on any atom is 0.274 e. The first-order chi connectivity index (χ1) is 15.6. The van der Waals surface area contributed by atoms with Gasteiger partial charge in [0.05, 0.1) is 22.0 Å². The molecule has 1 fully saturated rings. The SMILES string of the molecule is Cc1cc(C)c(NC(=O)c2cc(Br)nn2-c2ccc(F)cc2Cl)c(C(=O)NC(C)C2CC2)c1. The van der Waals surface area contributed by atoms with Gasteiger partial charge in [-0.2, -0.15) is 5.10 Å². The predicted molar refractivity (Wildman–Crippen MR) is 130 cm³/mol. The Hall–Kier alpha value is -2.71. The lowest BCUT2D eigenvalue weighted by Crippen LogP contribution is -2.35. The van der Waals surface area contributed by atoms with Gasteiger partial charge in [-0.1, -0.05) is 17.7 Å². The van der Waals surface area contributed by atoms with E-state index in [4.69, 9.17) is 11.6 Å². The van der Waals surface area contributed by atoms with Crippen LogP contribution in [0.4, 0.5) is 10.1 Å². The van der Waals surface area contributed by atoms with Crippen LogP contribution in [-0.4, -0.2) is 27.6 Å². The summed E-state index contributed by atoms with van der Waals surface area (Å²) in [6, 6.07) is 9.12. The van der Waals surface area contributed by atoms with Crippen LogP contribution in [0.5, 0.6) is 0 Å². The minimum absolute atomic E-state index is 0.0693. The normalized spacial score (nSPS) is 14.1.